The Morgan fingerprint density at radius 3 is 2.00 bits per heavy atom. The summed E-state index contributed by atoms with van der Waals surface area (Å²) in [5.41, 5.74) is 11.5. The second-order valence-electron chi connectivity index (χ2n) is 7.65. The lowest BCUT2D eigenvalue weighted by Crippen LogP contribution is -2.58. The van der Waals surface area contributed by atoms with Gasteiger partial charge < -0.3 is 42.7 Å². The van der Waals surface area contributed by atoms with Gasteiger partial charge in [0.25, 0.3) is 0 Å². The Bertz CT molecular complexity index is 824. The van der Waals surface area contributed by atoms with Crippen molar-refractivity contribution < 1.29 is 34.5 Å². The summed E-state index contributed by atoms with van der Waals surface area (Å²) in [7, 11) is 0. The van der Waals surface area contributed by atoms with Crippen molar-refractivity contribution in [2.75, 3.05) is 18.9 Å². The Labute approximate surface area is 202 Å². The number of aliphatic carboxylic acids is 1. The van der Waals surface area contributed by atoms with E-state index >= 15 is 0 Å². The lowest BCUT2D eigenvalue weighted by atomic mass is 10.1. The number of carboxylic acids is 1. The van der Waals surface area contributed by atoms with E-state index in [0.717, 1.165) is 0 Å². The smallest absolute Gasteiger partial charge is 0.326 e. The van der Waals surface area contributed by atoms with E-state index in [-0.39, 0.29) is 24.3 Å². The van der Waals surface area contributed by atoms with Crippen molar-refractivity contribution in [1.29, 1.82) is 0 Å². The molecular weight excluding hydrogens is 466 g/mol. The molecule has 4 unspecified atom stereocenters. The third kappa shape index (κ3) is 9.95. The van der Waals surface area contributed by atoms with E-state index < -0.39 is 54.5 Å². The number of carbonyl (C=O) groups excluding carboxylic acids is 3. The first-order valence-corrected chi connectivity index (χ1v) is 11.3. The highest BCUT2D eigenvalue weighted by Crippen LogP contribution is 2.12. The molecule has 34 heavy (non-hydrogen) atoms. The van der Waals surface area contributed by atoms with Gasteiger partial charge in [-0.3, -0.25) is 14.4 Å². The molecule has 190 valence electrons. The number of hydrogen-bond acceptors (Lipinski definition) is 9. The third-order valence-electron chi connectivity index (χ3n) is 4.92. The van der Waals surface area contributed by atoms with Crippen LogP contribution in [0.1, 0.15) is 24.8 Å². The number of aliphatic hydroxyl groups excluding tert-OH is 1. The van der Waals surface area contributed by atoms with Gasteiger partial charge in [0.05, 0.1) is 6.61 Å². The van der Waals surface area contributed by atoms with Crippen LogP contribution in [0.15, 0.2) is 24.3 Å². The maximum Gasteiger partial charge on any atom is 0.326 e. The van der Waals surface area contributed by atoms with Crippen LogP contribution in [0.3, 0.4) is 0 Å². The molecule has 0 radical (unpaired) electrons. The zero-order valence-electron chi connectivity index (χ0n) is 18.6. The SMILES string of the molecule is NCCCCC(NC(=O)C(N)CO)C(=O)NC(CS)C(=O)NC(Cc1ccc(O)cc1)C(=O)O. The number of nitrogens with one attached hydrogen (secondary N) is 3. The number of thiol groups is 1. The number of phenols is 1. The fraction of sp³-hybridized carbons (Fsp3) is 0.524. The lowest BCUT2D eigenvalue weighted by Gasteiger charge is -2.24. The summed E-state index contributed by atoms with van der Waals surface area (Å²) in [6.07, 6.45) is 1.27. The lowest BCUT2D eigenvalue weighted by molar-refractivity contribution is -0.142. The molecule has 12 nitrogen and oxygen atoms in total. The van der Waals surface area contributed by atoms with Crippen LogP contribution in [0.5, 0.6) is 5.75 Å². The first-order valence-electron chi connectivity index (χ1n) is 10.7. The van der Waals surface area contributed by atoms with Gasteiger partial charge in [-0.15, -0.1) is 0 Å². The Hall–Kier alpha value is -2.87. The highest BCUT2D eigenvalue weighted by atomic mass is 32.1. The first kappa shape index (κ1) is 29.2. The molecule has 0 aromatic heterocycles. The molecule has 0 saturated heterocycles. The van der Waals surface area contributed by atoms with Crippen molar-refractivity contribution in [3.63, 3.8) is 0 Å². The number of carboxylic acid groups (broad SMARTS) is 1. The number of hydrogen-bond donors (Lipinski definition) is 9. The number of nitrogens with two attached hydrogens (primary N) is 2. The Balaban J connectivity index is 2.86. The van der Waals surface area contributed by atoms with Crippen molar-refractivity contribution in [2.45, 2.75) is 49.9 Å². The molecule has 0 aliphatic heterocycles. The Morgan fingerprint density at radius 1 is 0.912 bits per heavy atom. The van der Waals surface area contributed by atoms with Gasteiger partial charge in [-0.05, 0) is 43.5 Å². The zero-order valence-corrected chi connectivity index (χ0v) is 19.5. The van der Waals surface area contributed by atoms with Gasteiger partial charge in [-0.1, -0.05) is 12.1 Å². The van der Waals surface area contributed by atoms with E-state index in [1.165, 1.54) is 24.3 Å². The van der Waals surface area contributed by atoms with Crippen molar-refractivity contribution >= 4 is 36.3 Å². The highest BCUT2D eigenvalue weighted by molar-refractivity contribution is 7.80. The number of rotatable bonds is 15. The summed E-state index contributed by atoms with van der Waals surface area (Å²) in [4.78, 5) is 49.2. The normalized spacial score (nSPS) is 14.4. The molecule has 0 spiro atoms. The number of phenolic OH excluding ortho intramolecular Hbond substituents is 1. The van der Waals surface area contributed by atoms with Gasteiger partial charge in [-0.25, -0.2) is 4.79 Å². The second-order valence-corrected chi connectivity index (χ2v) is 8.01. The van der Waals surface area contributed by atoms with Gasteiger partial charge in [0.15, 0.2) is 0 Å². The number of unbranched alkanes of at least 4 members (excludes halogenated alkanes) is 1. The summed E-state index contributed by atoms with van der Waals surface area (Å²) in [5.74, 6) is -3.59. The zero-order chi connectivity index (χ0) is 25.7. The van der Waals surface area contributed by atoms with Crippen molar-refractivity contribution in [2.24, 2.45) is 11.5 Å². The fourth-order valence-electron chi connectivity index (χ4n) is 2.93. The number of amides is 3. The molecule has 0 aliphatic rings. The molecule has 10 N–H and O–H groups in total. The molecule has 0 heterocycles. The van der Waals surface area contributed by atoms with Gasteiger partial charge in [0.2, 0.25) is 17.7 Å². The highest BCUT2D eigenvalue weighted by Gasteiger charge is 2.29. The predicted octanol–water partition coefficient (Wildman–Crippen LogP) is -2.15. The van der Waals surface area contributed by atoms with Crippen molar-refractivity contribution in [3.8, 4) is 5.75 Å². The summed E-state index contributed by atoms with van der Waals surface area (Å²) >= 11 is 4.08. The van der Waals surface area contributed by atoms with Crippen LogP contribution >= 0.6 is 12.6 Å². The maximum absolute atomic E-state index is 12.8. The van der Waals surface area contributed by atoms with Crippen LogP contribution in [0.4, 0.5) is 0 Å². The van der Waals surface area contributed by atoms with Crippen LogP contribution in [0, 0.1) is 0 Å². The molecule has 0 bridgehead atoms. The topological polar surface area (TPSA) is 217 Å². The molecule has 1 rings (SSSR count). The number of aromatic hydroxyl groups is 1. The van der Waals surface area contributed by atoms with Crippen molar-refractivity contribution in [1.82, 2.24) is 16.0 Å². The molecule has 0 aliphatic carbocycles. The largest absolute Gasteiger partial charge is 0.508 e. The third-order valence-corrected chi connectivity index (χ3v) is 5.28. The average Bonchev–Trinajstić information content (AvgIpc) is 2.81. The summed E-state index contributed by atoms with van der Waals surface area (Å²) in [6, 6.07) is 1.12. The average molecular weight is 500 g/mol. The second kappa shape index (κ2) is 15.1. The molecule has 13 heteroatoms. The quantitative estimate of drug-likeness (QED) is 0.0948. The Morgan fingerprint density at radius 2 is 1.47 bits per heavy atom. The van der Waals surface area contributed by atoms with Crippen LogP contribution in [0.25, 0.3) is 0 Å². The standard InChI is InChI=1S/C21H33N5O7S/c22-8-2-1-3-15(24-18(29)14(23)10-27)19(30)26-17(11-34)20(31)25-16(21(32)33)9-12-4-6-13(28)7-5-12/h4-7,14-17,27-28,34H,1-3,8-11,22-23H2,(H,24,29)(H,25,31)(H,26,30)(H,32,33). The number of carbonyl (C=O) groups is 4. The number of benzene rings is 1. The fourth-order valence-corrected chi connectivity index (χ4v) is 3.19. The van der Waals surface area contributed by atoms with Crippen LogP contribution in [0.2, 0.25) is 0 Å². The maximum atomic E-state index is 12.8. The minimum atomic E-state index is -1.29. The first-order chi connectivity index (χ1) is 16.1. The molecule has 0 fully saturated rings. The molecule has 0 saturated carbocycles. The number of aliphatic hydroxyl groups is 1. The minimum absolute atomic E-state index is 0.0190. The summed E-state index contributed by atoms with van der Waals surface area (Å²) < 4.78 is 0. The molecule has 3 amide bonds. The summed E-state index contributed by atoms with van der Waals surface area (Å²) in [5, 5.41) is 35.2. The van der Waals surface area contributed by atoms with Gasteiger partial charge in [0, 0.05) is 12.2 Å². The van der Waals surface area contributed by atoms with Crippen LogP contribution in [-0.4, -0.2) is 82.1 Å². The van der Waals surface area contributed by atoms with Crippen molar-refractivity contribution in [3.05, 3.63) is 29.8 Å². The molecule has 1 aromatic carbocycles. The van der Waals surface area contributed by atoms with Gasteiger partial charge in [0.1, 0.15) is 29.9 Å². The predicted molar refractivity (Wildman–Crippen MR) is 127 cm³/mol. The minimum Gasteiger partial charge on any atom is -0.508 e. The van der Waals surface area contributed by atoms with E-state index in [1.54, 1.807) is 0 Å². The van der Waals surface area contributed by atoms with E-state index in [4.69, 9.17) is 16.6 Å². The molecular formula is C21H33N5O7S. The molecule has 1 aromatic rings. The van der Waals surface area contributed by atoms with Crippen LogP contribution < -0.4 is 27.4 Å². The van der Waals surface area contributed by atoms with E-state index in [1.807, 2.05) is 0 Å². The monoisotopic (exact) mass is 499 g/mol. The van der Waals surface area contributed by atoms with E-state index in [0.29, 0.717) is 24.9 Å². The molecule has 4 atom stereocenters. The Kier molecular flexibility index (Phi) is 13.0. The van der Waals surface area contributed by atoms with Gasteiger partial charge >= 0.3 is 5.97 Å². The van der Waals surface area contributed by atoms with E-state index in [9.17, 15) is 29.4 Å². The van der Waals surface area contributed by atoms with E-state index in [2.05, 4.69) is 28.6 Å². The summed E-state index contributed by atoms with van der Waals surface area (Å²) in [6.45, 7) is -0.222. The van der Waals surface area contributed by atoms with Gasteiger partial charge in [-0.2, -0.15) is 12.6 Å². The van der Waals surface area contributed by atoms with Crippen LogP contribution in [-0.2, 0) is 25.6 Å².